The number of allylic oxidation sites excluding steroid dienone is 20. The van der Waals surface area contributed by atoms with E-state index in [9.17, 15) is 0 Å². The molecule has 0 bridgehead atoms. The third kappa shape index (κ3) is 7.08. The zero-order chi connectivity index (χ0) is 41.8. The molecule has 0 radical (unpaired) electrons. The molecule has 2 heteroatoms. The Hall–Kier alpha value is -5.08. The minimum Gasteiger partial charge on any atom is -0.338 e. The van der Waals surface area contributed by atoms with E-state index in [1.165, 1.54) is 73.0 Å². The maximum atomic E-state index is 2.64. The van der Waals surface area contributed by atoms with Crippen LogP contribution in [0.2, 0.25) is 0 Å². The van der Waals surface area contributed by atoms with Crippen molar-refractivity contribution in [1.82, 2.24) is 4.90 Å². The molecule has 0 spiro atoms. The van der Waals surface area contributed by atoms with E-state index >= 15 is 0 Å². The molecule has 2 aromatic carbocycles. The Morgan fingerprint density at radius 2 is 1.27 bits per heavy atom. The van der Waals surface area contributed by atoms with Crippen LogP contribution in [0.4, 0.5) is 5.69 Å². The van der Waals surface area contributed by atoms with Crippen LogP contribution in [0, 0.1) is 31.1 Å². The monoisotopic (exact) mass is 791 g/mol. The number of benzene rings is 2. The van der Waals surface area contributed by atoms with Crippen LogP contribution in [0.5, 0.6) is 0 Å². The molecule has 0 aliphatic heterocycles. The molecule has 9 rings (SSSR count). The van der Waals surface area contributed by atoms with Crippen molar-refractivity contribution in [2.75, 3.05) is 4.90 Å². The standard InChI is InChI=1S/C58H66N2/c1-39-9-23-47(24-10-39)59(48-25-11-40(2)12-26-48)51-31-19-45(20-32-51)57(7)55-37-43(5)17-35-53(55)54-36-18-44(6)38-56(54)58(57,8)46-21-33-52(34-22-46)60(49-27-13-41(3)14-28-49)50-29-15-42(4)16-30-50/h9-11,13,15,17,19-21,23-25,27-29,31,33-35,37-38,41,46,51H,12,14,16,18,22,26,30,32,36H2,1-8H3. The van der Waals surface area contributed by atoms with E-state index in [1.54, 1.807) is 11.1 Å². The minimum absolute atomic E-state index is 0.189. The molecule has 5 atom stereocenters. The fraction of sp³-hybridized carbons (Fsp3) is 0.379. The van der Waals surface area contributed by atoms with Gasteiger partial charge in [-0.1, -0.05) is 140 Å². The molecular weight excluding hydrogens is 725 g/mol. The average molecular weight is 791 g/mol. The van der Waals surface area contributed by atoms with Gasteiger partial charge in [0.1, 0.15) is 0 Å². The predicted octanol–water partition coefficient (Wildman–Crippen LogP) is 15.3. The summed E-state index contributed by atoms with van der Waals surface area (Å²) in [7, 11) is 0. The van der Waals surface area contributed by atoms with Crippen LogP contribution in [0.25, 0.3) is 5.57 Å². The Balaban J connectivity index is 1.13. The first-order chi connectivity index (χ1) is 28.9. The topological polar surface area (TPSA) is 6.48 Å². The van der Waals surface area contributed by atoms with E-state index < -0.39 is 0 Å². The maximum Gasteiger partial charge on any atom is 0.0556 e. The van der Waals surface area contributed by atoms with E-state index in [1.807, 2.05) is 0 Å². The SMILES string of the molecule is CC1=CC=C(N(C2=CCC(C)C=C2)C2=CCC(C3(C)C4=C(CCC(C)=C4)c4ccc(C)cc4C3(C)C3=CCC(N(C4=CC=C(C)CC4)c4ccc(C)cc4)C=C3)C=C2)CC1. The first kappa shape index (κ1) is 40.3. The molecule has 0 N–H and O–H groups in total. The molecule has 308 valence electrons. The van der Waals surface area contributed by atoms with Gasteiger partial charge < -0.3 is 9.80 Å². The van der Waals surface area contributed by atoms with E-state index in [0.29, 0.717) is 11.8 Å². The van der Waals surface area contributed by atoms with Gasteiger partial charge in [0.05, 0.1) is 6.04 Å². The normalized spacial score (nSPS) is 28.6. The van der Waals surface area contributed by atoms with Crippen LogP contribution < -0.4 is 4.90 Å². The minimum atomic E-state index is -0.263. The number of aryl methyl sites for hydroxylation is 2. The van der Waals surface area contributed by atoms with Gasteiger partial charge in [-0.25, -0.2) is 0 Å². The van der Waals surface area contributed by atoms with Gasteiger partial charge >= 0.3 is 0 Å². The van der Waals surface area contributed by atoms with Crippen molar-refractivity contribution in [1.29, 1.82) is 0 Å². The van der Waals surface area contributed by atoms with Gasteiger partial charge in [0.15, 0.2) is 0 Å². The molecule has 0 saturated heterocycles. The Morgan fingerprint density at radius 3 is 1.88 bits per heavy atom. The number of hydrogen-bond acceptors (Lipinski definition) is 2. The first-order valence-corrected chi connectivity index (χ1v) is 23.0. The lowest BCUT2D eigenvalue weighted by Crippen LogP contribution is -2.52. The maximum absolute atomic E-state index is 2.64. The van der Waals surface area contributed by atoms with Crippen molar-refractivity contribution < 1.29 is 0 Å². The van der Waals surface area contributed by atoms with E-state index in [2.05, 4.69) is 193 Å². The largest absolute Gasteiger partial charge is 0.338 e. The van der Waals surface area contributed by atoms with E-state index in [4.69, 9.17) is 0 Å². The summed E-state index contributed by atoms with van der Waals surface area (Å²) < 4.78 is 0. The highest BCUT2D eigenvalue weighted by molar-refractivity contribution is 5.82. The molecule has 0 saturated carbocycles. The molecule has 0 heterocycles. The molecule has 0 amide bonds. The Labute approximate surface area is 361 Å². The summed E-state index contributed by atoms with van der Waals surface area (Å²) in [6.45, 7) is 18.9. The quantitative estimate of drug-likeness (QED) is 0.263. The fourth-order valence-electron chi connectivity index (χ4n) is 11.4. The van der Waals surface area contributed by atoms with Gasteiger partial charge in [-0.3, -0.25) is 0 Å². The van der Waals surface area contributed by atoms with Crippen molar-refractivity contribution in [2.24, 2.45) is 17.3 Å². The summed E-state index contributed by atoms with van der Waals surface area (Å²) in [6, 6.07) is 16.8. The number of hydrogen-bond donors (Lipinski definition) is 0. The fourth-order valence-corrected chi connectivity index (χ4v) is 11.4. The molecule has 2 aromatic rings. The van der Waals surface area contributed by atoms with Gasteiger partial charge in [0, 0.05) is 39.3 Å². The Morgan fingerprint density at radius 1 is 0.600 bits per heavy atom. The zero-order valence-corrected chi connectivity index (χ0v) is 37.6. The van der Waals surface area contributed by atoms with Crippen LogP contribution in [0.15, 0.2) is 178 Å². The Kier molecular flexibility index (Phi) is 10.8. The smallest absolute Gasteiger partial charge is 0.0556 e. The van der Waals surface area contributed by atoms with Gasteiger partial charge in [0.2, 0.25) is 0 Å². The number of nitrogens with zero attached hydrogens (tertiary/aromatic N) is 2. The highest BCUT2D eigenvalue weighted by Gasteiger charge is 2.57. The van der Waals surface area contributed by atoms with E-state index in [-0.39, 0.29) is 16.9 Å². The summed E-state index contributed by atoms with van der Waals surface area (Å²) in [5, 5.41) is 0. The third-order valence-electron chi connectivity index (χ3n) is 15.3. The Bertz CT molecular complexity index is 2460. The van der Waals surface area contributed by atoms with Crippen LogP contribution in [-0.2, 0) is 5.41 Å². The van der Waals surface area contributed by atoms with Crippen LogP contribution >= 0.6 is 0 Å². The number of rotatable bonds is 8. The second-order valence-corrected chi connectivity index (χ2v) is 19.5. The zero-order valence-electron chi connectivity index (χ0n) is 37.6. The summed E-state index contributed by atoms with van der Waals surface area (Å²) in [4.78, 5) is 5.19. The molecule has 7 aliphatic carbocycles. The highest BCUT2D eigenvalue weighted by atomic mass is 15.2. The average Bonchev–Trinajstić information content (AvgIpc) is 3.26. The second kappa shape index (κ2) is 16.1. The molecule has 0 aromatic heterocycles. The van der Waals surface area contributed by atoms with Crippen LogP contribution in [0.3, 0.4) is 0 Å². The van der Waals surface area contributed by atoms with Crippen molar-refractivity contribution in [3.8, 4) is 0 Å². The lowest BCUT2D eigenvalue weighted by Gasteiger charge is -2.58. The number of fused-ring (bicyclic) bond motifs is 2. The van der Waals surface area contributed by atoms with Crippen molar-refractivity contribution >= 4 is 11.3 Å². The summed E-state index contributed by atoms with van der Waals surface area (Å²) in [6.07, 6.45) is 44.3. The summed E-state index contributed by atoms with van der Waals surface area (Å²) >= 11 is 0. The van der Waals surface area contributed by atoms with Gasteiger partial charge in [-0.15, -0.1) is 0 Å². The van der Waals surface area contributed by atoms with Gasteiger partial charge in [-0.05, 0) is 169 Å². The number of anilines is 1. The van der Waals surface area contributed by atoms with Gasteiger partial charge in [0.25, 0.3) is 0 Å². The molecule has 5 unspecified atom stereocenters. The van der Waals surface area contributed by atoms with Gasteiger partial charge in [-0.2, -0.15) is 0 Å². The molecule has 0 fully saturated rings. The lowest BCUT2D eigenvalue weighted by atomic mass is 9.45. The first-order valence-electron chi connectivity index (χ1n) is 23.0. The molecular formula is C58H66N2. The van der Waals surface area contributed by atoms with Crippen molar-refractivity contribution in [2.45, 2.75) is 125 Å². The summed E-state index contributed by atoms with van der Waals surface area (Å²) in [5.74, 6) is 0.893. The molecule has 7 aliphatic rings. The predicted molar refractivity (Wildman–Crippen MR) is 256 cm³/mol. The van der Waals surface area contributed by atoms with Crippen molar-refractivity contribution in [3.63, 3.8) is 0 Å². The van der Waals surface area contributed by atoms with Crippen LogP contribution in [0.1, 0.15) is 122 Å². The lowest BCUT2D eigenvalue weighted by molar-refractivity contribution is 0.170. The molecule has 60 heavy (non-hydrogen) atoms. The van der Waals surface area contributed by atoms with E-state index in [0.717, 1.165) is 57.8 Å². The second-order valence-electron chi connectivity index (χ2n) is 19.5. The van der Waals surface area contributed by atoms with Crippen molar-refractivity contribution in [3.05, 3.63) is 200 Å². The van der Waals surface area contributed by atoms with Crippen LogP contribution in [-0.4, -0.2) is 10.9 Å². The molecule has 2 nitrogen and oxygen atoms in total. The summed E-state index contributed by atoms with van der Waals surface area (Å²) in [5.41, 5.74) is 20.9. The highest BCUT2D eigenvalue weighted by Crippen LogP contribution is 2.65. The third-order valence-corrected chi connectivity index (χ3v) is 15.3.